The summed E-state index contributed by atoms with van der Waals surface area (Å²) < 4.78 is 4.84. The summed E-state index contributed by atoms with van der Waals surface area (Å²) in [7, 11) is 0. The zero-order valence-corrected chi connectivity index (χ0v) is 11.5. The van der Waals surface area contributed by atoms with Crippen LogP contribution in [-0.2, 0) is 9.53 Å². The van der Waals surface area contributed by atoms with Gasteiger partial charge in [0.15, 0.2) is 0 Å². The fourth-order valence-corrected chi connectivity index (χ4v) is 1.28. The molecule has 0 heterocycles. The number of hydrogen-bond acceptors (Lipinski definition) is 3. The van der Waals surface area contributed by atoms with E-state index in [1.54, 1.807) is 6.92 Å². The smallest absolute Gasteiger partial charge is 0.325 e. The molecule has 100 valence electrons. The molecule has 0 aliphatic heterocycles. The van der Waals surface area contributed by atoms with Crippen molar-refractivity contribution in [3.63, 3.8) is 0 Å². The van der Waals surface area contributed by atoms with Gasteiger partial charge in [-0.15, -0.1) is 0 Å². The van der Waals surface area contributed by atoms with Gasteiger partial charge in [0.05, 0.1) is 6.61 Å². The summed E-state index contributed by atoms with van der Waals surface area (Å²) in [6.45, 7) is 10.3. The van der Waals surface area contributed by atoms with Gasteiger partial charge in [-0.1, -0.05) is 6.92 Å². The van der Waals surface area contributed by atoms with Crippen LogP contribution in [0.5, 0.6) is 0 Å². The molecule has 1 N–H and O–H groups in total. The topological polar surface area (TPSA) is 58.6 Å². The SMILES string of the molecule is CCCN(CC(=O)OCC)C(=O)NC(C)(C)C. The van der Waals surface area contributed by atoms with Crippen LogP contribution in [0.2, 0.25) is 0 Å². The Morgan fingerprint density at radius 3 is 2.24 bits per heavy atom. The molecule has 0 saturated heterocycles. The number of amides is 2. The third-order valence-corrected chi connectivity index (χ3v) is 1.89. The van der Waals surface area contributed by atoms with E-state index in [-0.39, 0.29) is 24.1 Å². The van der Waals surface area contributed by atoms with Crippen molar-refractivity contribution in [1.82, 2.24) is 10.2 Å². The second-order valence-electron chi connectivity index (χ2n) is 4.91. The zero-order chi connectivity index (χ0) is 13.5. The van der Waals surface area contributed by atoms with Crippen molar-refractivity contribution >= 4 is 12.0 Å². The Hall–Kier alpha value is -1.26. The van der Waals surface area contributed by atoms with E-state index in [2.05, 4.69) is 5.32 Å². The average molecular weight is 244 g/mol. The fraction of sp³-hybridized carbons (Fsp3) is 0.833. The average Bonchev–Trinajstić information content (AvgIpc) is 2.14. The van der Waals surface area contributed by atoms with E-state index in [4.69, 9.17) is 4.74 Å². The van der Waals surface area contributed by atoms with Gasteiger partial charge in [-0.05, 0) is 34.1 Å². The van der Waals surface area contributed by atoms with Gasteiger partial charge in [0.1, 0.15) is 6.54 Å². The van der Waals surface area contributed by atoms with Gasteiger partial charge < -0.3 is 15.0 Å². The third-order valence-electron chi connectivity index (χ3n) is 1.89. The van der Waals surface area contributed by atoms with Crippen LogP contribution in [0.25, 0.3) is 0 Å². The lowest BCUT2D eigenvalue weighted by Gasteiger charge is -2.27. The summed E-state index contributed by atoms with van der Waals surface area (Å²) in [5, 5.41) is 2.83. The summed E-state index contributed by atoms with van der Waals surface area (Å²) in [6.07, 6.45) is 0.803. The number of ether oxygens (including phenoxy) is 1. The van der Waals surface area contributed by atoms with E-state index in [1.807, 2.05) is 27.7 Å². The standard InChI is InChI=1S/C12H24N2O3/c1-6-8-14(9-10(15)17-7-2)11(16)13-12(3,4)5/h6-9H2,1-5H3,(H,13,16). The van der Waals surface area contributed by atoms with Gasteiger partial charge in [0.2, 0.25) is 0 Å². The van der Waals surface area contributed by atoms with Crippen molar-refractivity contribution in [3.8, 4) is 0 Å². The van der Waals surface area contributed by atoms with Gasteiger partial charge in [-0.25, -0.2) is 4.79 Å². The summed E-state index contributed by atoms with van der Waals surface area (Å²) in [5.41, 5.74) is -0.308. The maximum Gasteiger partial charge on any atom is 0.325 e. The molecule has 0 bridgehead atoms. The third kappa shape index (κ3) is 7.60. The van der Waals surface area contributed by atoms with Crippen molar-refractivity contribution in [2.75, 3.05) is 19.7 Å². The number of carbonyl (C=O) groups is 2. The lowest BCUT2D eigenvalue weighted by molar-refractivity contribution is -0.143. The largest absolute Gasteiger partial charge is 0.465 e. The van der Waals surface area contributed by atoms with Crippen LogP contribution in [0.1, 0.15) is 41.0 Å². The first-order valence-electron chi connectivity index (χ1n) is 6.02. The van der Waals surface area contributed by atoms with E-state index in [0.717, 1.165) is 6.42 Å². The van der Waals surface area contributed by atoms with Crippen molar-refractivity contribution in [3.05, 3.63) is 0 Å². The molecule has 0 aromatic heterocycles. The van der Waals surface area contributed by atoms with E-state index in [1.165, 1.54) is 4.90 Å². The normalized spacial score (nSPS) is 10.9. The Balaban J connectivity index is 4.40. The molecule has 0 spiro atoms. The number of rotatable bonds is 5. The minimum absolute atomic E-state index is 0.00356. The molecule has 0 saturated carbocycles. The number of esters is 1. The van der Waals surface area contributed by atoms with Crippen LogP contribution >= 0.6 is 0 Å². The van der Waals surface area contributed by atoms with Crippen LogP contribution in [0, 0.1) is 0 Å². The first-order chi connectivity index (χ1) is 7.80. The van der Waals surface area contributed by atoms with Gasteiger partial charge in [0.25, 0.3) is 0 Å². The maximum atomic E-state index is 11.9. The molecule has 0 aliphatic rings. The molecule has 2 amide bonds. The van der Waals surface area contributed by atoms with Crippen LogP contribution in [0.15, 0.2) is 0 Å². The number of urea groups is 1. The molecule has 0 unspecified atom stereocenters. The lowest BCUT2D eigenvalue weighted by atomic mass is 10.1. The van der Waals surface area contributed by atoms with Gasteiger partial charge in [-0.3, -0.25) is 4.79 Å². The second kappa shape index (κ2) is 7.14. The van der Waals surface area contributed by atoms with E-state index in [0.29, 0.717) is 13.2 Å². The Bertz CT molecular complexity index is 259. The molecule has 5 nitrogen and oxygen atoms in total. The van der Waals surface area contributed by atoms with Gasteiger partial charge >= 0.3 is 12.0 Å². The lowest BCUT2D eigenvalue weighted by Crippen LogP contribution is -2.50. The molecule has 0 aromatic carbocycles. The van der Waals surface area contributed by atoms with Crippen LogP contribution < -0.4 is 5.32 Å². The highest BCUT2D eigenvalue weighted by Gasteiger charge is 2.21. The molecular formula is C12H24N2O3. The zero-order valence-electron chi connectivity index (χ0n) is 11.5. The Kier molecular flexibility index (Phi) is 6.61. The van der Waals surface area contributed by atoms with E-state index in [9.17, 15) is 9.59 Å². The highest BCUT2D eigenvalue weighted by atomic mass is 16.5. The molecule has 17 heavy (non-hydrogen) atoms. The maximum absolute atomic E-state index is 11.9. The van der Waals surface area contributed by atoms with Crippen LogP contribution in [-0.4, -0.2) is 42.1 Å². The minimum Gasteiger partial charge on any atom is -0.465 e. The van der Waals surface area contributed by atoms with Crippen molar-refractivity contribution in [2.24, 2.45) is 0 Å². The molecular weight excluding hydrogens is 220 g/mol. The van der Waals surface area contributed by atoms with Crippen molar-refractivity contribution in [1.29, 1.82) is 0 Å². The van der Waals surface area contributed by atoms with E-state index >= 15 is 0 Å². The van der Waals surface area contributed by atoms with Gasteiger partial charge in [-0.2, -0.15) is 0 Å². The second-order valence-corrected chi connectivity index (χ2v) is 4.91. The van der Waals surface area contributed by atoms with Crippen LogP contribution in [0.3, 0.4) is 0 Å². The molecule has 0 atom stereocenters. The number of nitrogens with one attached hydrogen (secondary N) is 1. The summed E-state index contributed by atoms with van der Waals surface area (Å²) in [5.74, 6) is -0.370. The predicted molar refractivity (Wildman–Crippen MR) is 66.8 cm³/mol. The molecule has 0 fully saturated rings. The summed E-state index contributed by atoms with van der Waals surface area (Å²) in [6, 6.07) is -0.229. The highest BCUT2D eigenvalue weighted by molar-refractivity contribution is 5.81. The Morgan fingerprint density at radius 2 is 1.82 bits per heavy atom. The predicted octanol–water partition coefficient (Wildman–Crippen LogP) is 1.77. The quantitative estimate of drug-likeness (QED) is 0.750. The van der Waals surface area contributed by atoms with Crippen LogP contribution in [0.4, 0.5) is 4.79 Å². The number of hydrogen-bond donors (Lipinski definition) is 1. The van der Waals surface area contributed by atoms with Crippen molar-refractivity contribution < 1.29 is 14.3 Å². The monoisotopic (exact) mass is 244 g/mol. The molecule has 0 aromatic rings. The van der Waals surface area contributed by atoms with Gasteiger partial charge in [0, 0.05) is 12.1 Å². The number of carbonyl (C=O) groups excluding carboxylic acids is 2. The Morgan fingerprint density at radius 1 is 1.24 bits per heavy atom. The molecule has 0 aliphatic carbocycles. The first-order valence-corrected chi connectivity index (χ1v) is 6.02. The molecule has 0 radical (unpaired) electrons. The fourth-order valence-electron chi connectivity index (χ4n) is 1.28. The Labute approximate surface area is 103 Å². The summed E-state index contributed by atoms with van der Waals surface area (Å²) in [4.78, 5) is 24.7. The number of nitrogens with zero attached hydrogens (tertiary/aromatic N) is 1. The van der Waals surface area contributed by atoms with E-state index < -0.39 is 0 Å². The molecule has 5 heteroatoms. The van der Waals surface area contributed by atoms with Crippen molar-refractivity contribution in [2.45, 2.75) is 46.6 Å². The summed E-state index contributed by atoms with van der Waals surface area (Å²) >= 11 is 0. The highest BCUT2D eigenvalue weighted by Crippen LogP contribution is 2.02. The first kappa shape index (κ1) is 15.7. The molecule has 0 rings (SSSR count). The minimum atomic E-state index is -0.370.